The molecule has 2 rings (SSSR count). The highest BCUT2D eigenvalue weighted by Gasteiger charge is 2.30. The lowest BCUT2D eigenvalue weighted by atomic mass is 10.0. The molecule has 1 amide bonds. The van der Waals surface area contributed by atoms with Gasteiger partial charge in [-0.25, -0.2) is 8.78 Å². The molecule has 0 spiro atoms. The lowest BCUT2D eigenvalue weighted by molar-refractivity contribution is -0.134. The van der Waals surface area contributed by atoms with Gasteiger partial charge in [-0.1, -0.05) is 19.9 Å². The fraction of sp³-hybridized carbons (Fsp3) is 0.562. The summed E-state index contributed by atoms with van der Waals surface area (Å²) in [6.45, 7) is 5.41. The van der Waals surface area contributed by atoms with E-state index in [4.69, 9.17) is 0 Å². The number of amides is 1. The van der Waals surface area contributed by atoms with Crippen molar-refractivity contribution in [2.24, 2.45) is 0 Å². The maximum absolute atomic E-state index is 13.7. The number of hydrogen-bond acceptors (Lipinski definition) is 2. The lowest BCUT2D eigenvalue weighted by Gasteiger charge is -2.40. The van der Waals surface area contributed by atoms with Crippen LogP contribution >= 0.6 is 0 Å². The van der Waals surface area contributed by atoms with Gasteiger partial charge in [-0.05, 0) is 25.0 Å². The smallest absolute Gasteiger partial charge is 0.227 e. The van der Waals surface area contributed by atoms with E-state index < -0.39 is 11.6 Å². The molecule has 0 saturated carbocycles. The van der Waals surface area contributed by atoms with Crippen molar-refractivity contribution < 1.29 is 13.6 Å². The number of nitrogens with zero attached hydrogens (tertiary/aromatic N) is 1. The zero-order valence-corrected chi connectivity index (χ0v) is 12.5. The molecular formula is C16H22F2N2O. The van der Waals surface area contributed by atoms with Gasteiger partial charge in [0, 0.05) is 30.7 Å². The second kappa shape index (κ2) is 6.98. The van der Waals surface area contributed by atoms with Gasteiger partial charge in [-0.3, -0.25) is 4.79 Å². The number of hydrogen-bond donors (Lipinski definition) is 1. The summed E-state index contributed by atoms with van der Waals surface area (Å²) < 4.78 is 27.4. The first-order valence-electron chi connectivity index (χ1n) is 7.52. The standard InChI is InChI=1S/C16H22F2N2O/c1-3-11-10-20(12(4-2)9-19-11)16(21)8-13-14(17)6-5-7-15(13)18/h5-7,11-12,19H,3-4,8-10H2,1-2H3. The van der Waals surface area contributed by atoms with Crippen molar-refractivity contribution in [2.45, 2.75) is 45.2 Å². The normalized spacial score (nSPS) is 22.4. The Balaban J connectivity index is 2.13. The molecule has 0 bridgehead atoms. The predicted molar refractivity (Wildman–Crippen MR) is 77.9 cm³/mol. The molecule has 1 aromatic carbocycles. The largest absolute Gasteiger partial charge is 0.337 e. The van der Waals surface area contributed by atoms with Crippen molar-refractivity contribution in [3.05, 3.63) is 35.4 Å². The second-order valence-electron chi connectivity index (χ2n) is 5.50. The van der Waals surface area contributed by atoms with Gasteiger partial charge in [0.05, 0.1) is 6.42 Å². The van der Waals surface area contributed by atoms with Gasteiger partial charge in [0.25, 0.3) is 0 Å². The topological polar surface area (TPSA) is 32.3 Å². The molecule has 1 heterocycles. The molecule has 0 aliphatic carbocycles. The van der Waals surface area contributed by atoms with E-state index in [-0.39, 0.29) is 30.0 Å². The summed E-state index contributed by atoms with van der Waals surface area (Å²) in [5.41, 5.74) is -0.135. The summed E-state index contributed by atoms with van der Waals surface area (Å²) >= 11 is 0. The number of halogens is 2. The minimum absolute atomic E-state index is 0.0927. The highest BCUT2D eigenvalue weighted by Crippen LogP contribution is 2.17. The van der Waals surface area contributed by atoms with Gasteiger partial charge in [0.15, 0.2) is 0 Å². The van der Waals surface area contributed by atoms with Crippen molar-refractivity contribution in [2.75, 3.05) is 13.1 Å². The Labute approximate surface area is 124 Å². The van der Waals surface area contributed by atoms with Crippen LogP contribution in [0.5, 0.6) is 0 Å². The fourth-order valence-electron chi connectivity index (χ4n) is 2.76. The Morgan fingerprint density at radius 3 is 2.52 bits per heavy atom. The molecule has 1 saturated heterocycles. The predicted octanol–water partition coefficient (Wildman–Crippen LogP) is 2.50. The van der Waals surface area contributed by atoms with Gasteiger partial charge >= 0.3 is 0 Å². The maximum Gasteiger partial charge on any atom is 0.227 e. The monoisotopic (exact) mass is 296 g/mol. The van der Waals surface area contributed by atoms with Gasteiger partial charge < -0.3 is 10.2 Å². The molecule has 1 N–H and O–H groups in total. The molecule has 21 heavy (non-hydrogen) atoms. The number of rotatable bonds is 4. The molecule has 1 aromatic rings. The minimum atomic E-state index is -0.654. The van der Waals surface area contributed by atoms with Gasteiger partial charge in [0.2, 0.25) is 5.91 Å². The third-order valence-corrected chi connectivity index (χ3v) is 4.17. The summed E-state index contributed by atoms with van der Waals surface area (Å²) in [5, 5.41) is 3.40. The summed E-state index contributed by atoms with van der Waals surface area (Å²) in [4.78, 5) is 14.2. The third-order valence-electron chi connectivity index (χ3n) is 4.17. The second-order valence-corrected chi connectivity index (χ2v) is 5.50. The van der Waals surface area contributed by atoms with Gasteiger partial charge in [-0.15, -0.1) is 0 Å². The van der Waals surface area contributed by atoms with E-state index in [1.165, 1.54) is 18.2 Å². The van der Waals surface area contributed by atoms with Crippen LogP contribution in [0, 0.1) is 11.6 Å². The van der Waals surface area contributed by atoms with Crippen molar-refractivity contribution in [1.82, 2.24) is 10.2 Å². The van der Waals surface area contributed by atoms with Crippen molar-refractivity contribution in [3.63, 3.8) is 0 Å². The van der Waals surface area contributed by atoms with E-state index in [9.17, 15) is 13.6 Å². The first kappa shape index (κ1) is 15.9. The molecule has 1 fully saturated rings. The minimum Gasteiger partial charge on any atom is -0.337 e. The number of nitrogens with one attached hydrogen (secondary N) is 1. The molecule has 3 nitrogen and oxygen atoms in total. The van der Waals surface area contributed by atoms with Crippen LogP contribution in [0.3, 0.4) is 0 Å². The summed E-state index contributed by atoms with van der Waals surface area (Å²) in [5.74, 6) is -1.51. The Bertz CT molecular complexity index is 487. The third kappa shape index (κ3) is 3.59. The zero-order chi connectivity index (χ0) is 15.4. The van der Waals surface area contributed by atoms with E-state index in [2.05, 4.69) is 12.2 Å². The van der Waals surface area contributed by atoms with Crippen molar-refractivity contribution in [3.8, 4) is 0 Å². The quantitative estimate of drug-likeness (QED) is 0.926. The Kier molecular flexibility index (Phi) is 5.28. The van der Waals surface area contributed by atoms with E-state index >= 15 is 0 Å². The summed E-state index contributed by atoms with van der Waals surface area (Å²) in [7, 11) is 0. The Morgan fingerprint density at radius 2 is 1.95 bits per heavy atom. The van der Waals surface area contributed by atoms with Crippen LogP contribution in [0.2, 0.25) is 0 Å². The van der Waals surface area contributed by atoms with Crippen LogP contribution < -0.4 is 5.32 Å². The average Bonchev–Trinajstić information content (AvgIpc) is 2.50. The number of carbonyl (C=O) groups is 1. The first-order chi connectivity index (χ1) is 10.1. The van der Waals surface area contributed by atoms with E-state index in [0.29, 0.717) is 6.54 Å². The first-order valence-corrected chi connectivity index (χ1v) is 7.52. The van der Waals surface area contributed by atoms with Crippen molar-refractivity contribution in [1.29, 1.82) is 0 Å². The Morgan fingerprint density at radius 1 is 1.29 bits per heavy atom. The van der Waals surface area contributed by atoms with Crippen LogP contribution in [-0.2, 0) is 11.2 Å². The van der Waals surface area contributed by atoms with Crippen LogP contribution in [0.15, 0.2) is 18.2 Å². The molecule has 5 heteroatoms. The number of piperazine rings is 1. The van der Waals surface area contributed by atoms with Crippen LogP contribution in [-0.4, -0.2) is 36.0 Å². The van der Waals surface area contributed by atoms with Crippen LogP contribution in [0.25, 0.3) is 0 Å². The molecule has 1 aliphatic heterocycles. The zero-order valence-electron chi connectivity index (χ0n) is 12.5. The molecule has 1 aliphatic rings. The maximum atomic E-state index is 13.7. The Hall–Kier alpha value is -1.49. The van der Waals surface area contributed by atoms with Gasteiger partial charge in [0.1, 0.15) is 11.6 Å². The van der Waals surface area contributed by atoms with E-state index in [0.717, 1.165) is 19.4 Å². The van der Waals surface area contributed by atoms with Crippen LogP contribution in [0.4, 0.5) is 8.78 Å². The van der Waals surface area contributed by atoms with Gasteiger partial charge in [-0.2, -0.15) is 0 Å². The summed E-state index contributed by atoms with van der Waals surface area (Å²) in [6.07, 6.45) is 1.54. The number of carbonyl (C=O) groups excluding carboxylic acids is 1. The molecular weight excluding hydrogens is 274 g/mol. The van der Waals surface area contributed by atoms with Crippen LogP contribution in [0.1, 0.15) is 32.3 Å². The highest BCUT2D eigenvalue weighted by molar-refractivity contribution is 5.79. The average molecular weight is 296 g/mol. The lowest BCUT2D eigenvalue weighted by Crippen LogP contribution is -2.58. The number of benzene rings is 1. The summed E-state index contributed by atoms with van der Waals surface area (Å²) in [6, 6.07) is 4.04. The molecule has 0 aromatic heterocycles. The highest BCUT2D eigenvalue weighted by atomic mass is 19.1. The fourth-order valence-corrected chi connectivity index (χ4v) is 2.76. The molecule has 2 atom stereocenters. The molecule has 2 unspecified atom stereocenters. The van der Waals surface area contributed by atoms with Crippen molar-refractivity contribution >= 4 is 5.91 Å². The molecule has 0 radical (unpaired) electrons. The molecule has 116 valence electrons. The SMILES string of the molecule is CCC1CN(C(=O)Cc2c(F)cccc2F)C(CC)CN1. The van der Waals surface area contributed by atoms with E-state index in [1.54, 1.807) is 4.90 Å². The van der Waals surface area contributed by atoms with E-state index in [1.807, 2.05) is 6.92 Å².